The minimum atomic E-state index is -0.580. The lowest BCUT2D eigenvalue weighted by Gasteiger charge is -2.19. The molecule has 2 aromatic heterocycles. The summed E-state index contributed by atoms with van der Waals surface area (Å²) in [5.74, 6) is 0.729. The number of nitrogens with zero attached hydrogens (tertiary/aromatic N) is 3. The molecule has 0 aliphatic carbocycles. The Morgan fingerprint density at radius 1 is 1.00 bits per heavy atom. The van der Waals surface area contributed by atoms with E-state index >= 15 is 0 Å². The number of aryl methyl sites for hydroxylation is 1. The van der Waals surface area contributed by atoms with Crippen LogP contribution in [0, 0.1) is 6.92 Å². The van der Waals surface area contributed by atoms with E-state index in [0.717, 1.165) is 15.7 Å². The van der Waals surface area contributed by atoms with Gasteiger partial charge in [0, 0.05) is 18.0 Å². The van der Waals surface area contributed by atoms with Gasteiger partial charge in [0.05, 0.1) is 12.1 Å². The highest BCUT2D eigenvalue weighted by Crippen LogP contribution is 2.32. The number of amides is 1. The van der Waals surface area contributed by atoms with Gasteiger partial charge in [-0.1, -0.05) is 29.8 Å². The maximum Gasteiger partial charge on any atom is 0.332 e. The number of rotatable bonds is 5. The average molecular weight is 458 g/mol. The van der Waals surface area contributed by atoms with Crippen molar-refractivity contribution in [1.29, 1.82) is 0 Å². The van der Waals surface area contributed by atoms with Gasteiger partial charge in [0.25, 0.3) is 5.56 Å². The number of hydrogen-bond donors (Lipinski definition) is 1. The van der Waals surface area contributed by atoms with Gasteiger partial charge in [-0.2, -0.15) is 0 Å². The standard InChI is InChI=1S/C25H22N4O5/c1-16-4-6-17(7-5-16)14-29-24(31)23-19(3-2-10-26-23)28(25(29)32)15-22(30)27-18-8-9-20-21(13-18)34-12-11-33-20/h2-10,13H,11-12,14-15H2,1H3,(H,27,30). The highest BCUT2D eigenvalue weighted by Gasteiger charge is 2.18. The molecule has 34 heavy (non-hydrogen) atoms. The summed E-state index contributed by atoms with van der Waals surface area (Å²) >= 11 is 0. The normalized spacial score (nSPS) is 12.5. The number of carbonyl (C=O) groups is 1. The van der Waals surface area contributed by atoms with Crippen LogP contribution in [0.2, 0.25) is 0 Å². The molecule has 0 saturated carbocycles. The van der Waals surface area contributed by atoms with Crippen molar-refractivity contribution >= 4 is 22.6 Å². The van der Waals surface area contributed by atoms with Crippen LogP contribution in [0.5, 0.6) is 11.5 Å². The number of aromatic nitrogens is 3. The maximum atomic E-state index is 13.3. The van der Waals surface area contributed by atoms with Gasteiger partial charge in [-0.15, -0.1) is 0 Å². The second-order valence-corrected chi connectivity index (χ2v) is 8.02. The van der Waals surface area contributed by atoms with Crippen molar-refractivity contribution in [3.63, 3.8) is 0 Å². The Labute approximate surface area is 194 Å². The second kappa shape index (κ2) is 8.86. The number of nitrogens with one attached hydrogen (secondary N) is 1. The molecule has 9 nitrogen and oxygen atoms in total. The minimum Gasteiger partial charge on any atom is -0.486 e. The van der Waals surface area contributed by atoms with Gasteiger partial charge in [0.2, 0.25) is 5.91 Å². The molecule has 172 valence electrons. The number of pyridine rings is 1. The van der Waals surface area contributed by atoms with Crippen molar-refractivity contribution in [3.05, 3.63) is 92.8 Å². The Balaban J connectivity index is 1.48. The second-order valence-electron chi connectivity index (χ2n) is 8.02. The van der Waals surface area contributed by atoms with Crippen molar-refractivity contribution < 1.29 is 14.3 Å². The fourth-order valence-electron chi connectivity index (χ4n) is 3.88. The van der Waals surface area contributed by atoms with Crippen LogP contribution in [0.4, 0.5) is 5.69 Å². The molecule has 0 radical (unpaired) electrons. The van der Waals surface area contributed by atoms with Crippen LogP contribution in [0.25, 0.3) is 11.0 Å². The number of benzene rings is 2. The molecule has 4 aromatic rings. The zero-order valence-corrected chi connectivity index (χ0v) is 18.5. The lowest BCUT2D eigenvalue weighted by Crippen LogP contribution is -2.42. The minimum absolute atomic E-state index is 0.0776. The molecule has 0 fully saturated rings. The Bertz CT molecular complexity index is 1510. The molecule has 0 spiro atoms. The van der Waals surface area contributed by atoms with Crippen LogP contribution in [0.15, 0.2) is 70.4 Å². The fraction of sp³-hybridized carbons (Fsp3) is 0.200. The summed E-state index contributed by atoms with van der Waals surface area (Å²) in [5, 5.41) is 2.78. The molecule has 9 heteroatoms. The van der Waals surface area contributed by atoms with Crippen LogP contribution in [0.1, 0.15) is 11.1 Å². The molecule has 0 bridgehead atoms. The van der Waals surface area contributed by atoms with Gasteiger partial charge in [0.1, 0.15) is 19.8 Å². The fourth-order valence-corrected chi connectivity index (χ4v) is 3.88. The highest BCUT2D eigenvalue weighted by atomic mass is 16.6. The first kappa shape index (κ1) is 21.4. The van der Waals surface area contributed by atoms with E-state index < -0.39 is 17.2 Å². The third-order valence-corrected chi connectivity index (χ3v) is 5.58. The van der Waals surface area contributed by atoms with Crippen LogP contribution < -0.4 is 26.0 Å². The van der Waals surface area contributed by atoms with Crippen molar-refractivity contribution in [2.24, 2.45) is 0 Å². The van der Waals surface area contributed by atoms with Gasteiger partial charge >= 0.3 is 5.69 Å². The Morgan fingerprint density at radius 3 is 2.56 bits per heavy atom. The molecule has 1 N–H and O–H groups in total. The first-order valence-electron chi connectivity index (χ1n) is 10.8. The highest BCUT2D eigenvalue weighted by molar-refractivity contribution is 5.91. The van der Waals surface area contributed by atoms with Crippen LogP contribution in [-0.2, 0) is 17.9 Å². The molecule has 3 heterocycles. The van der Waals surface area contributed by atoms with Gasteiger partial charge in [-0.25, -0.2) is 9.78 Å². The van der Waals surface area contributed by atoms with Gasteiger partial charge < -0.3 is 14.8 Å². The molecule has 1 aliphatic rings. The third kappa shape index (κ3) is 4.15. The quantitative estimate of drug-likeness (QED) is 0.492. The van der Waals surface area contributed by atoms with E-state index in [4.69, 9.17) is 9.47 Å². The maximum absolute atomic E-state index is 13.3. The van der Waals surface area contributed by atoms with Crippen LogP contribution in [-0.4, -0.2) is 33.2 Å². The van der Waals surface area contributed by atoms with Gasteiger partial charge in [-0.05, 0) is 36.8 Å². The Hall–Kier alpha value is -4.40. The average Bonchev–Trinajstić information content (AvgIpc) is 2.85. The smallest absolute Gasteiger partial charge is 0.332 e. The van der Waals surface area contributed by atoms with Crippen molar-refractivity contribution in [1.82, 2.24) is 14.1 Å². The molecule has 0 atom stereocenters. The molecule has 2 aromatic carbocycles. The van der Waals surface area contributed by atoms with Gasteiger partial charge in [-0.3, -0.25) is 18.7 Å². The first-order chi connectivity index (χ1) is 16.5. The van der Waals surface area contributed by atoms with Crippen molar-refractivity contribution in [3.8, 4) is 11.5 Å². The summed E-state index contributed by atoms with van der Waals surface area (Å²) in [6, 6.07) is 15.9. The molecule has 1 amide bonds. The number of hydrogen-bond acceptors (Lipinski definition) is 6. The summed E-state index contributed by atoms with van der Waals surface area (Å²) in [5.41, 5.74) is 1.74. The predicted octanol–water partition coefficient (Wildman–Crippen LogP) is 2.32. The van der Waals surface area contributed by atoms with Crippen molar-refractivity contribution in [2.45, 2.75) is 20.0 Å². The lowest BCUT2D eigenvalue weighted by molar-refractivity contribution is -0.116. The van der Waals surface area contributed by atoms with Crippen LogP contribution >= 0.6 is 0 Å². The van der Waals surface area contributed by atoms with E-state index in [1.165, 1.54) is 10.8 Å². The van der Waals surface area contributed by atoms with E-state index in [-0.39, 0.29) is 18.6 Å². The van der Waals surface area contributed by atoms with Crippen LogP contribution in [0.3, 0.4) is 0 Å². The molecular weight excluding hydrogens is 436 g/mol. The number of fused-ring (bicyclic) bond motifs is 2. The predicted molar refractivity (Wildman–Crippen MR) is 127 cm³/mol. The zero-order valence-electron chi connectivity index (χ0n) is 18.5. The van der Waals surface area contributed by atoms with E-state index in [1.54, 1.807) is 30.3 Å². The summed E-state index contributed by atoms with van der Waals surface area (Å²) in [4.78, 5) is 43.5. The summed E-state index contributed by atoms with van der Waals surface area (Å²) in [6.07, 6.45) is 1.49. The number of ether oxygens (including phenoxy) is 2. The summed E-state index contributed by atoms with van der Waals surface area (Å²) < 4.78 is 13.4. The van der Waals surface area contributed by atoms with E-state index in [0.29, 0.717) is 35.9 Å². The largest absolute Gasteiger partial charge is 0.486 e. The monoisotopic (exact) mass is 458 g/mol. The lowest BCUT2D eigenvalue weighted by atomic mass is 10.1. The van der Waals surface area contributed by atoms with E-state index in [9.17, 15) is 14.4 Å². The SMILES string of the molecule is Cc1ccc(Cn2c(=O)c3ncccc3n(CC(=O)Nc3ccc4c(c3)OCCO4)c2=O)cc1. The molecule has 5 rings (SSSR count). The Kier molecular flexibility index (Phi) is 5.59. The Morgan fingerprint density at radius 2 is 1.76 bits per heavy atom. The molecule has 1 aliphatic heterocycles. The topological polar surface area (TPSA) is 104 Å². The number of anilines is 1. The van der Waals surface area contributed by atoms with Crippen molar-refractivity contribution in [2.75, 3.05) is 18.5 Å². The molecule has 0 saturated heterocycles. The number of carbonyl (C=O) groups excluding carboxylic acids is 1. The summed E-state index contributed by atoms with van der Waals surface area (Å²) in [7, 11) is 0. The first-order valence-corrected chi connectivity index (χ1v) is 10.8. The third-order valence-electron chi connectivity index (χ3n) is 5.58. The summed E-state index contributed by atoms with van der Waals surface area (Å²) in [6.45, 7) is 2.66. The van der Waals surface area contributed by atoms with Gasteiger partial charge in [0.15, 0.2) is 17.0 Å². The van der Waals surface area contributed by atoms with E-state index in [1.807, 2.05) is 31.2 Å². The zero-order chi connectivity index (χ0) is 23.7. The molecule has 0 unspecified atom stereocenters. The van der Waals surface area contributed by atoms with E-state index in [2.05, 4.69) is 10.3 Å². The molecular formula is C25H22N4O5.